The summed E-state index contributed by atoms with van der Waals surface area (Å²) in [6.45, 7) is 3.06. The van der Waals surface area contributed by atoms with Gasteiger partial charge in [-0.25, -0.2) is 15.0 Å². The maximum absolute atomic E-state index is 12.5. The van der Waals surface area contributed by atoms with E-state index in [0.29, 0.717) is 12.0 Å². The van der Waals surface area contributed by atoms with Gasteiger partial charge in [-0.3, -0.25) is 9.59 Å². The Balaban J connectivity index is 1.50. The number of pyridine rings is 1. The van der Waals surface area contributed by atoms with E-state index >= 15 is 0 Å². The Hall–Kier alpha value is -3.03. The number of rotatable bonds is 11. The van der Waals surface area contributed by atoms with Crippen LogP contribution in [0, 0.1) is 6.92 Å². The number of ether oxygens (including phenoxy) is 1. The van der Waals surface area contributed by atoms with Gasteiger partial charge in [0.2, 0.25) is 0 Å². The van der Waals surface area contributed by atoms with Crippen LogP contribution in [0.2, 0.25) is 0 Å². The standard InChI is InChI=1S/C23H30N4O4/c1-15-10-16-6-5-9-24-22(16)27-20(15)8-4-3-7-19(28)11-17(12-21(29)30)18-13-25-23(31-2)26-14-18/h10,13-14,17H,3-9,11-12H2,1-2H3,(H,24,27)(H,29,30)/t17-/m1/s1. The summed E-state index contributed by atoms with van der Waals surface area (Å²) in [5.74, 6) is -0.331. The minimum absolute atomic E-state index is 0.0545. The molecule has 0 radical (unpaired) electrons. The molecule has 0 unspecified atom stereocenters. The molecular formula is C23H30N4O4. The number of nitrogens with one attached hydrogen (secondary N) is 1. The number of aliphatic carboxylic acids is 1. The van der Waals surface area contributed by atoms with Crippen molar-refractivity contribution >= 4 is 17.6 Å². The van der Waals surface area contributed by atoms with Gasteiger partial charge in [0.1, 0.15) is 11.6 Å². The van der Waals surface area contributed by atoms with Crippen LogP contribution in [0.1, 0.15) is 66.8 Å². The van der Waals surface area contributed by atoms with Crippen molar-refractivity contribution < 1.29 is 19.4 Å². The first-order valence-electron chi connectivity index (χ1n) is 10.8. The SMILES string of the molecule is COc1ncc([C@@H](CC(=O)O)CC(=O)CCCCc2nc3c(cc2C)CCCN3)cn1. The van der Waals surface area contributed by atoms with E-state index in [1.54, 1.807) is 0 Å². The first-order chi connectivity index (χ1) is 15.0. The highest BCUT2D eigenvalue weighted by molar-refractivity contribution is 5.80. The topological polar surface area (TPSA) is 114 Å². The third kappa shape index (κ3) is 6.47. The molecular weight excluding hydrogens is 396 g/mol. The zero-order valence-corrected chi connectivity index (χ0v) is 18.2. The van der Waals surface area contributed by atoms with Crippen LogP contribution in [0.15, 0.2) is 18.5 Å². The molecule has 1 aliphatic rings. The summed E-state index contributed by atoms with van der Waals surface area (Å²) in [6.07, 6.45) is 8.19. The molecule has 0 fully saturated rings. The minimum atomic E-state index is -0.948. The molecule has 0 amide bonds. The second-order valence-corrected chi connectivity index (χ2v) is 8.04. The average Bonchev–Trinajstić information content (AvgIpc) is 2.76. The molecule has 2 aromatic rings. The maximum atomic E-state index is 12.5. The number of ketones is 1. The highest BCUT2D eigenvalue weighted by Crippen LogP contribution is 2.26. The second-order valence-electron chi connectivity index (χ2n) is 8.04. The molecule has 31 heavy (non-hydrogen) atoms. The molecule has 0 aromatic carbocycles. The summed E-state index contributed by atoms with van der Waals surface area (Å²) in [5, 5.41) is 12.6. The number of carboxylic acids is 1. The molecule has 0 spiro atoms. The number of aryl methyl sites for hydroxylation is 3. The summed E-state index contributed by atoms with van der Waals surface area (Å²) >= 11 is 0. The average molecular weight is 427 g/mol. The number of unbranched alkanes of at least 4 members (excludes halogenated alkanes) is 1. The number of carbonyl (C=O) groups excluding carboxylic acids is 1. The van der Waals surface area contributed by atoms with Crippen molar-refractivity contribution in [2.45, 2.75) is 64.2 Å². The normalized spacial score (nSPS) is 13.7. The van der Waals surface area contributed by atoms with E-state index in [0.717, 1.165) is 50.2 Å². The fourth-order valence-corrected chi connectivity index (χ4v) is 3.94. The fourth-order valence-electron chi connectivity index (χ4n) is 3.94. The molecule has 3 rings (SSSR count). The highest BCUT2D eigenvalue weighted by Gasteiger charge is 2.20. The largest absolute Gasteiger partial charge is 0.481 e. The van der Waals surface area contributed by atoms with Crippen LogP contribution in [0.4, 0.5) is 5.82 Å². The summed E-state index contributed by atoms with van der Waals surface area (Å²) in [5.41, 5.74) is 4.21. The minimum Gasteiger partial charge on any atom is -0.481 e. The molecule has 8 heteroatoms. The summed E-state index contributed by atoms with van der Waals surface area (Å²) in [4.78, 5) is 36.6. The van der Waals surface area contributed by atoms with Crippen molar-refractivity contribution in [1.29, 1.82) is 0 Å². The number of hydrogen-bond donors (Lipinski definition) is 2. The number of hydrogen-bond acceptors (Lipinski definition) is 7. The molecule has 0 bridgehead atoms. The molecule has 2 N–H and O–H groups in total. The number of nitrogens with zero attached hydrogens (tertiary/aromatic N) is 3. The Morgan fingerprint density at radius 1 is 1.23 bits per heavy atom. The monoisotopic (exact) mass is 426 g/mol. The van der Waals surface area contributed by atoms with Gasteiger partial charge in [-0.1, -0.05) is 6.07 Å². The first-order valence-corrected chi connectivity index (χ1v) is 10.8. The van der Waals surface area contributed by atoms with Crippen molar-refractivity contribution in [3.05, 3.63) is 40.8 Å². The summed E-state index contributed by atoms with van der Waals surface area (Å²) < 4.78 is 4.94. The molecule has 1 aliphatic heterocycles. The Labute approximate surface area is 182 Å². The van der Waals surface area contributed by atoms with Crippen LogP contribution in [0.25, 0.3) is 0 Å². The maximum Gasteiger partial charge on any atom is 0.316 e. The first kappa shape index (κ1) is 22.7. The predicted octanol–water partition coefficient (Wildman–Crippen LogP) is 3.48. The van der Waals surface area contributed by atoms with Crippen LogP contribution in [-0.4, -0.2) is 45.5 Å². The molecule has 2 aromatic heterocycles. The Morgan fingerprint density at radius 2 is 2.00 bits per heavy atom. The molecule has 0 aliphatic carbocycles. The van der Waals surface area contributed by atoms with Crippen LogP contribution >= 0.6 is 0 Å². The zero-order chi connectivity index (χ0) is 22.2. The fraction of sp³-hybridized carbons (Fsp3) is 0.522. The number of aromatic nitrogens is 3. The molecule has 3 heterocycles. The van der Waals surface area contributed by atoms with Gasteiger partial charge in [-0.15, -0.1) is 0 Å². The Bertz CT molecular complexity index is 915. The van der Waals surface area contributed by atoms with Crippen molar-refractivity contribution in [2.75, 3.05) is 19.0 Å². The van der Waals surface area contributed by atoms with Crippen LogP contribution in [0.3, 0.4) is 0 Å². The van der Waals surface area contributed by atoms with Crippen molar-refractivity contribution in [2.24, 2.45) is 0 Å². The van der Waals surface area contributed by atoms with Crippen molar-refractivity contribution in [1.82, 2.24) is 15.0 Å². The molecule has 1 atom stereocenters. The van der Waals surface area contributed by atoms with Crippen molar-refractivity contribution in [3.8, 4) is 6.01 Å². The van der Waals surface area contributed by atoms with E-state index in [4.69, 9.17) is 9.72 Å². The number of methoxy groups -OCH3 is 1. The number of fused-ring (bicyclic) bond motifs is 1. The van der Waals surface area contributed by atoms with Crippen LogP contribution in [-0.2, 0) is 22.4 Å². The third-order valence-electron chi connectivity index (χ3n) is 5.63. The van der Waals surface area contributed by atoms with Gasteiger partial charge in [0, 0.05) is 43.4 Å². The lowest BCUT2D eigenvalue weighted by Gasteiger charge is -2.19. The smallest absolute Gasteiger partial charge is 0.316 e. The van der Waals surface area contributed by atoms with E-state index in [-0.39, 0.29) is 24.6 Å². The van der Waals surface area contributed by atoms with Gasteiger partial charge < -0.3 is 15.2 Å². The highest BCUT2D eigenvalue weighted by atomic mass is 16.5. The van der Waals surface area contributed by atoms with Gasteiger partial charge in [0.05, 0.1) is 13.5 Å². The Kier molecular flexibility index (Phi) is 7.92. The zero-order valence-electron chi connectivity index (χ0n) is 18.2. The van der Waals surface area contributed by atoms with E-state index in [9.17, 15) is 14.7 Å². The predicted molar refractivity (Wildman–Crippen MR) is 117 cm³/mol. The lowest BCUT2D eigenvalue weighted by Crippen LogP contribution is -2.15. The lowest BCUT2D eigenvalue weighted by atomic mass is 9.91. The second kappa shape index (κ2) is 10.8. The third-order valence-corrected chi connectivity index (χ3v) is 5.63. The number of anilines is 1. The molecule has 166 valence electrons. The van der Waals surface area contributed by atoms with Crippen molar-refractivity contribution in [3.63, 3.8) is 0 Å². The Morgan fingerprint density at radius 3 is 2.71 bits per heavy atom. The number of carboxylic acid groups (broad SMARTS) is 1. The van der Waals surface area contributed by atoms with Gasteiger partial charge >= 0.3 is 12.0 Å². The molecule has 8 nitrogen and oxygen atoms in total. The molecule has 0 saturated heterocycles. The van der Waals surface area contributed by atoms with E-state index in [1.165, 1.54) is 30.6 Å². The number of carbonyl (C=O) groups is 2. The van der Waals surface area contributed by atoms with Gasteiger partial charge in [0.25, 0.3) is 0 Å². The van der Waals surface area contributed by atoms with E-state index in [1.807, 2.05) is 0 Å². The number of Topliss-reactive ketones (excluding diaryl/α,β-unsaturated/α-hetero) is 1. The lowest BCUT2D eigenvalue weighted by molar-refractivity contribution is -0.137. The quantitative estimate of drug-likeness (QED) is 0.525. The molecule has 0 saturated carbocycles. The van der Waals surface area contributed by atoms with Crippen LogP contribution in [0.5, 0.6) is 6.01 Å². The van der Waals surface area contributed by atoms with Gasteiger partial charge in [-0.05, 0) is 55.7 Å². The van der Waals surface area contributed by atoms with Gasteiger partial charge in [0.15, 0.2) is 0 Å². The van der Waals surface area contributed by atoms with E-state index in [2.05, 4.69) is 28.3 Å². The van der Waals surface area contributed by atoms with Gasteiger partial charge in [-0.2, -0.15) is 0 Å². The summed E-state index contributed by atoms with van der Waals surface area (Å²) in [6, 6.07) is 2.44. The van der Waals surface area contributed by atoms with E-state index < -0.39 is 11.9 Å². The van der Waals surface area contributed by atoms with Crippen LogP contribution < -0.4 is 10.1 Å². The summed E-state index contributed by atoms with van der Waals surface area (Å²) in [7, 11) is 1.46.